The second kappa shape index (κ2) is 4.92. The van der Waals surface area contributed by atoms with Crippen molar-refractivity contribution in [1.82, 2.24) is 0 Å². The molecular weight excluding hydrogens is 256 g/mol. The second-order valence-corrected chi connectivity index (χ2v) is 5.02. The van der Waals surface area contributed by atoms with Gasteiger partial charge in [-0.1, -0.05) is 0 Å². The molecule has 1 fully saturated rings. The lowest BCUT2D eigenvalue weighted by molar-refractivity contribution is 0.0698. The summed E-state index contributed by atoms with van der Waals surface area (Å²) in [7, 11) is 0. The Hall–Kier alpha value is -2.43. The number of benzene rings is 1. The first kappa shape index (κ1) is 12.6. The van der Waals surface area contributed by atoms with Gasteiger partial charge in [0.1, 0.15) is 5.76 Å². The molecule has 0 bridgehead atoms. The van der Waals surface area contributed by atoms with Gasteiger partial charge in [0.2, 0.25) is 0 Å². The largest absolute Gasteiger partial charge is 0.478 e. The van der Waals surface area contributed by atoms with Crippen molar-refractivity contribution < 1.29 is 14.3 Å². The average Bonchev–Trinajstić information content (AvgIpc) is 3.14. The number of hydrogen-bond acceptors (Lipinski definition) is 4. The van der Waals surface area contributed by atoms with E-state index in [-0.39, 0.29) is 11.3 Å². The maximum Gasteiger partial charge on any atom is 0.337 e. The summed E-state index contributed by atoms with van der Waals surface area (Å²) >= 11 is 0. The Labute approximate surface area is 116 Å². The van der Waals surface area contributed by atoms with Crippen molar-refractivity contribution in [2.24, 2.45) is 0 Å². The molecule has 5 heteroatoms. The predicted molar refractivity (Wildman–Crippen MR) is 75.7 cm³/mol. The number of carbonyl (C=O) groups is 1. The first-order valence-corrected chi connectivity index (χ1v) is 6.57. The number of furan rings is 1. The van der Waals surface area contributed by atoms with Crippen molar-refractivity contribution in [3.63, 3.8) is 0 Å². The third-order valence-corrected chi connectivity index (χ3v) is 3.49. The second-order valence-electron chi connectivity index (χ2n) is 5.02. The Morgan fingerprint density at radius 3 is 2.80 bits per heavy atom. The van der Waals surface area contributed by atoms with E-state index in [9.17, 15) is 4.79 Å². The molecule has 104 valence electrons. The summed E-state index contributed by atoms with van der Waals surface area (Å²) in [6.07, 6.45) is 3.88. The average molecular weight is 272 g/mol. The van der Waals surface area contributed by atoms with Crippen molar-refractivity contribution in [2.45, 2.75) is 25.4 Å². The lowest BCUT2D eigenvalue weighted by Crippen LogP contribution is -2.25. The highest BCUT2D eigenvalue weighted by Crippen LogP contribution is 2.34. The number of hydrogen-bond donors (Lipinski definition) is 2. The van der Waals surface area contributed by atoms with Crippen LogP contribution in [0.3, 0.4) is 0 Å². The molecule has 3 N–H and O–H groups in total. The van der Waals surface area contributed by atoms with Crippen LogP contribution >= 0.6 is 0 Å². The topological polar surface area (TPSA) is 79.7 Å². The number of rotatable bonds is 5. The van der Waals surface area contributed by atoms with Crippen molar-refractivity contribution in [2.75, 3.05) is 10.6 Å². The smallest absolute Gasteiger partial charge is 0.337 e. The molecule has 0 unspecified atom stereocenters. The molecule has 1 saturated carbocycles. The molecule has 0 atom stereocenters. The molecule has 0 saturated heterocycles. The van der Waals surface area contributed by atoms with E-state index in [1.807, 2.05) is 18.2 Å². The zero-order chi connectivity index (χ0) is 14.1. The quantitative estimate of drug-likeness (QED) is 0.818. The predicted octanol–water partition coefficient (Wildman–Crippen LogP) is 2.73. The fourth-order valence-electron chi connectivity index (χ4n) is 2.30. The lowest BCUT2D eigenvalue weighted by Gasteiger charge is -2.24. The number of nitrogens with two attached hydrogens (primary N) is 1. The van der Waals surface area contributed by atoms with Crippen LogP contribution in [0.15, 0.2) is 41.0 Å². The SMILES string of the molecule is Nc1ccc(N(Cc2ccco2)C2CC2)cc1C(=O)O. The van der Waals surface area contributed by atoms with Gasteiger partial charge in [-0.05, 0) is 43.2 Å². The van der Waals surface area contributed by atoms with Crippen LogP contribution in [0.2, 0.25) is 0 Å². The number of carboxylic acid groups (broad SMARTS) is 1. The number of nitrogen functional groups attached to an aromatic ring is 1. The molecule has 1 aromatic carbocycles. The van der Waals surface area contributed by atoms with Gasteiger partial charge in [-0.3, -0.25) is 0 Å². The molecule has 0 radical (unpaired) electrons. The Kier molecular flexibility index (Phi) is 3.10. The van der Waals surface area contributed by atoms with Crippen LogP contribution in [-0.2, 0) is 6.54 Å². The molecular formula is C15H16N2O3. The van der Waals surface area contributed by atoms with Gasteiger partial charge in [-0.25, -0.2) is 4.79 Å². The lowest BCUT2D eigenvalue weighted by atomic mass is 10.1. The third-order valence-electron chi connectivity index (χ3n) is 3.49. The Bertz CT molecular complexity index is 618. The fourth-order valence-corrected chi connectivity index (χ4v) is 2.30. The van der Waals surface area contributed by atoms with Gasteiger partial charge in [0, 0.05) is 17.4 Å². The van der Waals surface area contributed by atoms with E-state index < -0.39 is 5.97 Å². The first-order chi connectivity index (χ1) is 9.65. The van der Waals surface area contributed by atoms with Gasteiger partial charge in [-0.15, -0.1) is 0 Å². The van der Waals surface area contributed by atoms with E-state index in [2.05, 4.69) is 4.90 Å². The van der Waals surface area contributed by atoms with E-state index >= 15 is 0 Å². The summed E-state index contributed by atoms with van der Waals surface area (Å²) in [5.74, 6) is -0.135. The molecule has 3 rings (SSSR count). The van der Waals surface area contributed by atoms with E-state index in [4.69, 9.17) is 15.3 Å². The standard InChI is InChI=1S/C15H16N2O3/c16-14-6-5-11(8-13(14)15(18)19)17(10-3-4-10)9-12-2-1-7-20-12/h1-2,5-8,10H,3-4,9,16H2,(H,18,19). The first-order valence-electron chi connectivity index (χ1n) is 6.57. The molecule has 0 amide bonds. The Morgan fingerprint density at radius 1 is 1.40 bits per heavy atom. The van der Waals surface area contributed by atoms with Crippen LogP contribution < -0.4 is 10.6 Å². The van der Waals surface area contributed by atoms with E-state index in [0.717, 1.165) is 24.3 Å². The molecule has 0 spiro atoms. The van der Waals surface area contributed by atoms with Crippen LogP contribution in [0.25, 0.3) is 0 Å². The van der Waals surface area contributed by atoms with Crippen LogP contribution in [0.5, 0.6) is 0 Å². The fraction of sp³-hybridized carbons (Fsp3) is 0.267. The highest BCUT2D eigenvalue weighted by atomic mass is 16.4. The van der Waals surface area contributed by atoms with Gasteiger partial charge in [0.25, 0.3) is 0 Å². The maximum absolute atomic E-state index is 11.2. The van der Waals surface area contributed by atoms with Crippen LogP contribution in [0.4, 0.5) is 11.4 Å². The molecule has 2 aromatic rings. The molecule has 0 aliphatic heterocycles. The van der Waals surface area contributed by atoms with Gasteiger partial charge in [0.05, 0.1) is 18.4 Å². The summed E-state index contributed by atoms with van der Waals surface area (Å²) in [4.78, 5) is 13.4. The van der Waals surface area contributed by atoms with Crippen LogP contribution in [-0.4, -0.2) is 17.1 Å². The van der Waals surface area contributed by atoms with Crippen LogP contribution in [0.1, 0.15) is 29.0 Å². The molecule has 1 aromatic heterocycles. The number of nitrogens with zero attached hydrogens (tertiary/aromatic N) is 1. The molecule has 1 aliphatic carbocycles. The summed E-state index contributed by atoms with van der Waals surface area (Å²) < 4.78 is 5.38. The van der Waals surface area contributed by atoms with E-state index in [0.29, 0.717) is 12.6 Å². The highest BCUT2D eigenvalue weighted by Gasteiger charge is 2.30. The minimum atomic E-state index is -1.00. The molecule has 1 aliphatic rings. The van der Waals surface area contributed by atoms with Crippen molar-refractivity contribution in [1.29, 1.82) is 0 Å². The molecule has 5 nitrogen and oxygen atoms in total. The van der Waals surface area contributed by atoms with Gasteiger partial charge in [0.15, 0.2) is 0 Å². The summed E-state index contributed by atoms with van der Waals surface area (Å²) in [6.45, 7) is 0.640. The third kappa shape index (κ3) is 2.47. The zero-order valence-corrected chi connectivity index (χ0v) is 11.0. The minimum Gasteiger partial charge on any atom is -0.478 e. The van der Waals surface area contributed by atoms with Crippen molar-refractivity contribution >= 4 is 17.3 Å². The zero-order valence-electron chi connectivity index (χ0n) is 11.0. The van der Waals surface area contributed by atoms with Gasteiger partial charge in [-0.2, -0.15) is 0 Å². The summed E-state index contributed by atoms with van der Waals surface area (Å²) in [6, 6.07) is 9.38. The number of aromatic carboxylic acids is 1. The summed E-state index contributed by atoms with van der Waals surface area (Å²) in [5, 5.41) is 9.17. The van der Waals surface area contributed by atoms with Gasteiger partial charge >= 0.3 is 5.97 Å². The molecule has 20 heavy (non-hydrogen) atoms. The Morgan fingerprint density at radius 2 is 2.20 bits per heavy atom. The number of anilines is 2. The number of carboxylic acids is 1. The van der Waals surface area contributed by atoms with Crippen molar-refractivity contribution in [3.05, 3.63) is 47.9 Å². The highest BCUT2D eigenvalue weighted by molar-refractivity contribution is 5.94. The monoisotopic (exact) mass is 272 g/mol. The van der Waals surface area contributed by atoms with Gasteiger partial charge < -0.3 is 20.2 Å². The van der Waals surface area contributed by atoms with E-state index in [1.54, 1.807) is 18.4 Å². The minimum absolute atomic E-state index is 0.146. The maximum atomic E-state index is 11.2. The summed E-state index contributed by atoms with van der Waals surface area (Å²) in [5.41, 5.74) is 7.00. The van der Waals surface area contributed by atoms with Crippen molar-refractivity contribution in [3.8, 4) is 0 Å². The Balaban J connectivity index is 1.91. The molecule has 1 heterocycles. The van der Waals surface area contributed by atoms with E-state index in [1.165, 1.54) is 0 Å². The van der Waals surface area contributed by atoms with Crippen LogP contribution in [0, 0.1) is 0 Å². The normalized spacial score (nSPS) is 14.2.